The molecule has 33 heavy (non-hydrogen) atoms. The molecule has 0 aliphatic heterocycles. The fourth-order valence-electron chi connectivity index (χ4n) is 6.10. The Morgan fingerprint density at radius 1 is 1.18 bits per heavy atom. The third kappa shape index (κ3) is 2.72. The number of pyridine rings is 1. The van der Waals surface area contributed by atoms with Crippen LogP contribution < -0.4 is 11.1 Å². The maximum absolute atomic E-state index is 11.5. The van der Waals surface area contributed by atoms with Gasteiger partial charge in [0.1, 0.15) is 23.5 Å². The van der Waals surface area contributed by atoms with Crippen LogP contribution in [0.1, 0.15) is 37.8 Å². The molecule has 0 saturated heterocycles. The van der Waals surface area contributed by atoms with Gasteiger partial charge in [0.15, 0.2) is 0 Å². The van der Waals surface area contributed by atoms with E-state index in [4.69, 9.17) is 12.2 Å². The number of aromatic nitrogens is 4. The fourth-order valence-corrected chi connectivity index (χ4v) is 6.10. The van der Waals surface area contributed by atoms with Gasteiger partial charge in [0.25, 0.3) is 0 Å². The number of amides is 1. The second-order valence-corrected chi connectivity index (χ2v) is 9.19. The van der Waals surface area contributed by atoms with E-state index in [1.54, 1.807) is 0 Å². The Labute approximate surface area is 189 Å². The zero-order chi connectivity index (χ0) is 22.8. The van der Waals surface area contributed by atoms with Crippen molar-refractivity contribution in [2.75, 3.05) is 5.73 Å². The number of para-hydroxylation sites is 1. The topological polar surface area (TPSA) is 119 Å². The number of benzene rings is 1. The van der Waals surface area contributed by atoms with E-state index in [2.05, 4.69) is 36.8 Å². The van der Waals surface area contributed by atoms with Gasteiger partial charge in [0, 0.05) is 33.8 Å². The third-order valence-electron chi connectivity index (χ3n) is 7.45. The quantitative estimate of drug-likeness (QED) is 0.418. The molecule has 164 valence electrons. The Kier molecular flexibility index (Phi) is 3.96. The first-order chi connectivity index (χ1) is 16.0. The van der Waals surface area contributed by atoms with Crippen molar-refractivity contribution in [2.45, 2.75) is 43.2 Å². The molecule has 4 aromatic rings. The summed E-state index contributed by atoms with van der Waals surface area (Å²) < 4.78 is 2.13. The van der Waals surface area contributed by atoms with Gasteiger partial charge in [-0.2, -0.15) is 0 Å². The second-order valence-electron chi connectivity index (χ2n) is 9.19. The maximum Gasteiger partial charge on any atom is 0.405 e. The molecule has 2 aliphatic rings. The van der Waals surface area contributed by atoms with Gasteiger partial charge in [0.05, 0.1) is 10.9 Å². The number of anilines is 1. The van der Waals surface area contributed by atoms with E-state index in [9.17, 15) is 9.90 Å². The highest BCUT2D eigenvalue weighted by molar-refractivity contribution is 6.04. The number of nitrogens with two attached hydrogens (primary N) is 1. The summed E-state index contributed by atoms with van der Waals surface area (Å²) in [5.41, 5.74) is 9.54. The van der Waals surface area contributed by atoms with E-state index in [1.165, 1.54) is 6.33 Å². The number of nitrogens with one attached hydrogen (secondary N) is 1. The number of rotatable bonds is 3. The number of carboxylic acid groups (broad SMARTS) is 1. The predicted octanol–water partition coefficient (Wildman–Crippen LogP) is 3.89. The number of terminal acetylenes is 1. The van der Waals surface area contributed by atoms with Gasteiger partial charge in [-0.1, -0.05) is 24.1 Å². The number of hydrogen-bond acceptors (Lipinski definition) is 5. The van der Waals surface area contributed by atoms with Crippen molar-refractivity contribution in [3.05, 3.63) is 48.5 Å². The van der Waals surface area contributed by atoms with Gasteiger partial charge in [-0.25, -0.2) is 14.8 Å². The smallest absolute Gasteiger partial charge is 0.405 e. The standard InChI is InChI=1S/C25H22N6O2/c1-2-18-19(16-11-15-5-3-4-6-17(15)27-12-16)20-21(26)28-14-29-22(20)31(18)25-9-7-24(13-25,8-10-25)30-23(32)33/h1,3-6,11-12,14,30H,7-10,13H2,(H,32,33)(H2,26,28,29). The first kappa shape index (κ1) is 19.6. The molecule has 1 amide bonds. The molecule has 0 atom stereocenters. The average Bonchev–Trinajstić information content (AvgIpc) is 3.46. The third-order valence-corrected chi connectivity index (χ3v) is 7.45. The van der Waals surface area contributed by atoms with E-state index in [1.807, 2.05) is 30.5 Å². The van der Waals surface area contributed by atoms with Crippen LogP contribution in [0.2, 0.25) is 0 Å². The Balaban J connectivity index is 1.62. The van der Waals surface area contributed by atoms with Crippen LogP contribution in [0.5, 0.6) is 0 Å². The molecule has 3 aromatic heterocycles. The normalized spacial score (nSPS) is 23.7. The van der Waals surface area contributed by atoms with E-state index in [0.717, 1.165) is 47.7 Å². The van der Waals surface area contributed by atoms with E-state index < -0.39 is 11.6 Å². The van der Waals surface area contributed by atoms with Crippen LogP contribution in [0, 0.1) is 12.3 Å². The molecular weight excluding hydrogens is 416 g/mol. The van der Waals surface area contributed by atoms with E-state index >= 15 is 0 Å². The number of hydrogen-bond donors (Lipinski definition) is 3. The lowest BCUT2D eigenvalue weighted by atomic mass is 9.91. The van der Waals surface area contributed by atoms with Gasteiger partial charge in [-0.05, 0) is 44.2 Å². The molecule has 8 nitrogen and oxygen atoms in total. The highest BCUT2D eigenvalue weighted by atomic mass is 16.4. The highest BCUT2D eigenvalue weighted by Gasteiger charge is 2.57. The number of nitrogens with zero attached hydrogens (tertiary/aromatic N) is 4. The molecule has 2 aliphatic carbocycles. The van der Waals surface area contributed by atoms with Crippen LogP contribution in [0.15, 0.2) is 42.9 Å². The fraction of sp³-hybridized carbons (Fsp3) is 0.280. The average molecular weight is 438 g/mol. The summed E-state index contributed by atoms with van der Waals surface area (Å²) in [6.45, 7) is 0. The van der Waals surface area contributed by atoms with E-state index in [-0.39, 0.29) is 5.54 Å². The molecule has 2 fully saturated rings. The van der Waals surface area contributed by atoms with Gasteiger partial charge >= 0.3 is 6.09 Å². The van der Waals surface area contributed by atoms with Gasteiger partial charge in [-0.3, -0.25) is 4.98 Å². The lowest BCUT2D eigenvalue weighted by molar-refractivity contribution is 0.177. The Morgan fingerprint density at radius 2 is 1.97 bits per heavy atom. The SMILES string of the molecule is C#Cc1c(-c2cnc3ccccc3c2)c2c(N)ncnc2n1C12CCC(NC(=O)O)(CC1)C2. The summed E-state index contributed by atoms with van der Waals surface area (Å²) in [5.74, 6) is 3.27. The molecule has 4 N–H and O–H groups in total. The first-order valence-corrected chi connectivity index (χ1v) is 10.9. The second kappa shape index (κ2) is 6.69. The summed E-state index contributed by atoms with van der Waals surface area (Å²) in [7, 11) is 0. The minimum atomic E-state index is -0.989. The number of carbonyl (C=O) groups is 1. The van der Waals surface area contributed by atoms with Gasteiger partial charge < -0.3 is 20.7 Å². The van der Waals surface area contributed by atoms with Gasteiger partial charge in [0.2, 0.25) is 0 Å². The molecule has 2 bridgehead atoms. The molecule has 1 aromatic carbocycles. The summed E-state index contributed by atoms with van der Waals surface area (Å²) in [6.07, 6.45) is 12.2. The minimum Gasteiger partial charge on any atom is -0.465 e. The molecule has 0 unspecified atom stereocenters. The van der Waals surface area contributed by atoms with Crippen molar-refractivity contribution in [3.8, 4) is 23.5 Å². The summed E-state index contributed by atoms with van der Waals surface area (Å²) in [5, 5.41) is 13.9. The lowest BCUT2D eigenvalue weighted by Crippen LogP contribution is -2.44. The highest BCUT2D eigenvalue weighted by Crippen LogP contribution is 2.57. The maximum atomic E-state index is 11.5. The zero-order valence-corrected chi connectivity index (χ0v) is 17.9. The Bertz CT molecular complexity index is 1490. The number of nitrogen functional groups attached to an aromatic ring is 1. The van der Waals surface area contributed by atoms with Crippen LogP contribution in [-0.2, 0) is 5.54 Å². The predicted molar refractivity (Wildman–Crippen MR) is 126 cm³/mol. The molecule has 0 spiro atoms. The monoisotopic (exact) mass is 438 g/mol. The summed E-state index contributed by atoms with van der Waals surface area (Å²) in [4.78, 5) is 25.0. The van der Waals surface area contributed by atoms with Crippen LogP contribution in [0.3, 0.4) is 0 Å². The Morgan fingerprint density at radius 3 is 2.73 bits per heavy atom. The van der Waals surface area contributed by atoms with Crippen molar-refractivity contribution in [1.82, 2.24) is 24.8 Å². The van der Waals surface area contributed by atoms with Crippen molar-refractivity contribution in [3.63, 3.8) is 0 Å². The lowest BCUT2D eigenvalue weighted by Gasteiger charge is -2.30. The molecular formula is C25H22N6O2. The summed E-state index contributed by atoms with van der Waals surface area (Å²) in [6, 6.07) is 9.97. The molecule has 2 saturated carbocycles. The van der Waals surface area contributed by atoms with Crippen LogP contribution in [0.4, 0.5) is 10.6 Å². The van der Waals surface area contributed by atoms with Crippen molar-refractivity contribution in [2.24, 2.45) is 0 Å². The molecule has 3 heterocycles. The van der Waals surface area contributed by atoms with Crippen molar-refractivity contribution in [1.29, 1.82) is 0 Å². The Hall–Kier alpha value is -4.12. The van der Waals surface area contributed by atoms with Crippen LogP contribution in [0.25, 0.3) is 33.1 Å². The van der Waals surface area contributed by atoms with Crippen molar-refractivity contribution >= 4 is 33.8 Å². The van der Waals surface area contributed by atoms with Crippen LogP contribution in [-0.4, -0.2) is 36.3 Å². The zero-order valence-electron chi connectivity index (χ0n) is 17.9. The van der Waals surface area contributed by atoms with E-state index in [0.29, 0.717) is 29.0 Å². The summed E-state index contributed by atoms with van der Waals surface area (Å²) >= 11 is 0. The van der Waals surface area contributed by atoms with Crippen molar-refractivity contribution < 1.29 is 9.90 Å². The largest absolute Gasteiger partial charge is 0.465 e. The van der Waals surface area contributed by atoms with Gasteiger partial charge in [-0.15, -0.1) is 6.42 Å². The van der Waals surface area contributed by atoms with Crippen LogP contribution >= 0.6 is 0 Å². The first-order valence-electron chi connectivity index (χ1n) is 10.9. The molecule has 8 heteroatoms. The molecule has 6 rings (SSSR count). The minimum absolute atomic E-state index is 0.328. The number of fused-ring (bicyclic) bond motifs is 4. The molecule has 0 radical (unpaired) electrons.